The molecule has 0 spiro atoms. The van der Waals surface area contributed by atoms with Crippen molar-refractivity contribution in [1.82, 2.24) is 0 Å². The number of allylic oxidation sites excluding steroid dienone is 1. The second kappa shape index (κ2) is 3.10. The SMILES string of the molecule is CC(=O)Nc1cccc2c1C(=O)C=C2. The largest absolute Gasteiger partial charge is 0.326 e. The molecule has 3 heteroatoms. The minimum Gasteiger partial charge on any atom is -0.326 e. The lowest BCUT2D eigenvalue weighted by Gasteiger charge is -2.06. The van der Waals surface area contributed by atoms with Gasteiger partial charge in [0.25, 0.3) is 0 Å². The lowest BCUT2D eigenvalue weighted by Crippen LogP contribution is -2.09. The Morgan fingerprint density at radius 2 is 2.07 bits per heavy atom. The van der Waals surface area contributed by atoms with Crippen molar-refractivity contribution in [2.24, 2.45) is 0 Å². The van der Waals surface area contributed by atoms with E-state index in [1.165, 1.54) is 13.0 Å². The number of rotatable bonds is 1. The van der Waals surface area contributed by atoms with Crippen LogP contribution in [0, 0.1) is 0 Å². The Hall–Kier alpha value is -1.90. The van der Waals surface area contributed by atoms with E-state index < -0.39 is 0 Å². The number of benzene rings is 1. The topological polar surface area (TPSA) is 46.2 Å². The van der Waals surface area contributed by atoms with E-state index in [4.69, 9.17) is 0 Å². The fourth-order valence-corrected chi connectivity index (χ4v) is 1.53. The van der Waals surface area contributed by atoms with Crippen molar-refractivity contribution < 1.29 is 9.59 Å². The van der Waals surface area contributed by atoms with Crippen LogP contribution in [0.1, 0.15) is 22.8 Å². The predicted octanol–water partition coefficient (Wildman–Crippen LogP) is 1.85. The van der Waals surface area contributed by atoms with E-state index in [1.807, 2.05) is 12.1 Å². The van der Waals surface area contributed by atoms with Crippen LogP contribution in [0.15, 0.2) is 24.3 Å². The van der Waals surface area contributed by atoms with E-state index in [2.05, 4.69) is 5.32 Å². The second-order valence-corrected chi connectivity index (χ2v) is 3.15. The van der Waals surface area contributed by atoms with Gasteiger partial charge >= 0.3 is 0 Å². The maximum Gasteiger partial charge on any atom is 0.221 e. The van der Waals surface area contributed by atoms with E-state index in [-0.39, 0.29) is 11.7 Å². The molecule has 0 atom stereocenters. The van der Waals surface area contributed by atoms with Crippen LogP contribution in [-0.4, -0.2) is 11.7 Å². The Balaban J connectivity index is 2.49. The molecule has 70 valence electrons. The van der Waals surface area contributed by atoms with Crippen molar-refractivity contribution in [3.05, 3.63) is 35.4 Å². The molecule has 3 nitrogen and oxygen atoms in total. The maximum atomic E-state index is 11.4. The van der Waals surface area contributed by atoms with Gasteiger partial charge in [-0.1, -0.05) is 18.2 Å². The summed E-state index contributed by atoms with van der Waals surface area (Å²) in [6.45, 7) is 1.42. The number of carbonyl (C=O) groups excluding carboxylic acids is 2. The predicted molar refractivity (Wildman–Crippen MR) is 54.1 cm³/mol. The summed E-state index contributed by atoms with van der Waals surface area (Å²) >= 11 is 0. The first kappa shape index (κ1) is 8.69. The Bertz CT molecular complexity index is 447. The van der Waals surface area contributed by atoms with Crippen molar-refractivity contribution in [1.29, 1.82) is 0 Å². The average molecular weight is 187 g/mol. The standard InChI is InChI=1S/C11H9NO2/c1-7(13)12-9-4-2-3-8-5-6-10(14)11(8)9/h2-6H,1H3,(H,12,13). The molecule has 0 unspecified atom stereocenters. The molecule has 0 radical (unpaired) electrons. The molecule has 0 aliphatic heterocycles. The van der Waals surface area contributed by atoms with Gasteiger partial charge in [-0.3, -0.25) is 9.59 Å². The fourth-order valence-electron chi connectivity index (χ4n) is 1.53. The van der Waals surface area contributed by atoms with Crippen molar-refractivity contribution in [3.8, 4) is 0 Å². The number of hydrogen-bond acceptors (Lipinski definition) is 2. The molecular formula is C11H9NO2. The molecule has 1 aliphatic rings. The highest BCUT2D eigenvalue weighted by atomic mass is 16.1. The Morgan fingerprint density at radius 1 is 1.29 bits per heavy atom. The highest BCUT2D eigenvalue weighted by Gasteiger charge is 2.17. The molecule has 1 N–H and O–H groups in total. The summed E-state index contributed by atoms with van der Waals surface area (Å²) in [5.41, 5.74) is 2.04. The molecule has 0 bridgehead atoms. The van der Waals surface area contributed by atoms with Gasteiger partial charge in [0.2, 0.25) is 5.91 Å². The normalized spacial score (nSPS) is 12.8. The van der Waals surface area contributed by atoms with Crippen LogP contribution in [0.3, 0.4) is 0 Å². The first-order chi connectivity index (χ1) is 6.68. The summed E-state index contributed by atoms with van der Waals surface area (Å²) in [4.78, 5) is 22.3. The molecule has 1 amide bonds. The number of fused-ring (bicyclic) bond motifs is 1. The van der Waals surface area contributed by atoms with Gasteiger partial charge in [0.15, 0.2) is 5.78 Å². The second-order valence-electron chi connectivity index (χ2n) is 3.15. The number of carbonyl (C=O) groups is 2. The molecule has 0 fully saturated rings. The third-order valence-electron chi connectivity index (χ3n) is 2.07. The molecule has 1 aliphatic carbocycles. The number of ketones is 1. The highest BCUT2D eigenvalue weighted by molar-refractivity contribution is 6.18. The van der Waals surface area contributed by atoms with E-state index in [9.17, 15) is 9.59 Å². The van der Waals surface area contributed by atoms with Gasteiger partial charge in [-0.15, -0.1) is 0 Å². The van der Waals surface area contributed by atoms with Crippen LogP contribution in [0.2, 0.25) is 0 Å². The number of amides is 1. The molecule has 0 heterocycles. The van der Waals surface area contributed by atoms with E-state index in [0.29, 0.717) is 11.3 Å². The lowest BCUT2D eigenvalue weighted by atomic mass is 10.1. The lowest BCUT2D eigenvalue weighted by molar-refractivity contribution is -0.114. The minimum atomic E-state index is -0.168. The van der Waals surface area contributed by atoms with Crippen molar-refractivity contribution in [3.63, 3.8) is 0 Å². The summed E-state index contributed by atoms with van der Waals surface area (Å²) < 4.78 is 0. The zero-order valence-electron chi connectivity index (χ0n) is 7.70. The molecule has 2 rings (SSSR count). The van der Waals surface area contributed by atoms with Crippen LogP contribution < -0.4 is 5.32 Å². The molecule has 1 aromatic carbocycles. The van der Waals surface area contributed by atoms with Crippen molar-refractivity contribution in [2.45, 2.75) is 6.92 Å². The summed E-state index contributed by atoms with van der Waals surface area (Å²) in [6, 6.07) is 5.39. The number of hydrogen-bond donors (Lipinski definition) is 1. The summed E-state index contributed by atoms with van der Waals surface area (Å²) in [7, 11) is 0. The van der Waals surface area contributed by atoms with E-state index in [1.54, 1.807) is 12.1 Å². The summed E-state index contributed by atoms with van der Waals surface area (Å²) in [6.07, 6.45) is 3.26. The molecule has 1 aromatic rings. The monoisotopic (exact) mass is 187 g/mol. The molecule has 0 aromatic heterocycles. The number of nitrogens with one attached hydrogen (secondary N) is 1. The average Bonchev–Trinajstić information content (AvgIpc) is 2.48. The van der Waals surface area contributed by atoms with Crippen molar-refractivity contribution in [2.75, 3.05) is 5.32 Å². The smallest absolute Gasteiger partial charge is 0.221 e. The Morgan fingerprint density at radius 3 is 2.79 bits per heavy atom. The van der Waals surface area contributed by atoms with Gasteiger partial charge in [-0.05, 0) is 17.7 Å². The Kier molecular flexibility index (Phi) is 1.93. The first-order valence-corrected chi connectivity index (χ1v) is 4.31. The van der Waals surface area contributed by atoms with Crippen LogP contribution in [0.5, 0.6) is 0 Å². The van der Waals surface area contributed by atoms with Crippen molar-refractivity contribution >= 4 is 23.5 Å². The van der Waals surface area contributed by atoms with Crippen LogP contribution in [0.4, 0.5) is 5.69 Å². The van der Waals surface area contributed by atoms with Crippen LogP contribution in [-0.2, 0) is 4.79 Å². The summed E-state index contributed by atoms with van der Waals surface area (Å²) in [5.74, 6) is -0.220. The zero-order chi connectivity index (χ0) is 10.1. The zero-order valence-corrected chi connectivity index (χ0v) is 7.70. The van der Waals surface area contributed by atoms with Gasteiger partial charge in [-0.2, -0.15) is 0 Å². The van der Waals surface area contributed by atoms with Gasteiger partial charge in [0, 0.05) is 6.92 Å². The van der Waals surface area contributed by atoms with Gasteiger partial charge in [0.1, 0.15) is 0 Å². The van der Waals surface area contributed by atoms with Gasteiger partial charge in [0.05, 0.1) is 11.3 Å². The fraction of sp³-hybridized carbons (Fsp3) is 0.0909. The Labute approximate surface area is 81.4 Å². The highest BCUT2D eigenvalue weighted by Crippen LogP contribution is 2.26. The molecular weight excluding hydrogens is 178 g/mol. The number of anilines is 1. The molecule has 0 saturated carbocycles. The molecule has 14 heavy (non-hydrogen) atoms. The van der Waals surface area contributed by atoms with Gasteiger partial charge in [-0.25, -0.2) is 0 Å². The van der Waals surface area contributed by atoms with Crippen LogP contribution >= 0.6 is 0 Å². The first-order valence-electron chi connectivity index (χ1n) is 4.31. The third-order valence-corrected chi connectivity index (χ3v) is 2.07. The quantitative estimate of drug-likeness (QED) is 0.729. The van der Waals surface area contributed by atoms with E-state index in [0.717, 1.165) is 5.56 Å². The van der Waals surface area contributed by atoms with Crippen LogP contribution in [0.25, 0.3) is 6.08 Å². The maximum absolute atomic E-state index is 11.4. The third kappa shape index (κ3) is 1.33. The molecule has 0 saturated heterocycles. The minimum absolute atomic E-state index is 0.0515. The summed E-state index contributed by atoms with van der Waals surface area (Å²) in [5, 5.41) is 2.64. The van der Waals surface area contributed by atoms with Gasteiger partial charge < -0.3 is 5.32 Å². The van der Waals surface area contributed by atoms with E-state index >= 15 is 0 Å².